The summed E-state index contributed by atoms with van der Waals surface area (Å²) in [6.07, 6.45) is 3.28. The molecule has 0 saturated heterocycles. The van der Waals surface area contributed by atoms with Crippen molar-refractivity contribution in [2.75, 3.05) is 0 Å². The quantitative estimate of drug-likeness (QED) is 0.644. The average molecular weight is 170 g/mol. The summed E-state index contributed by atoms with van der Waals surface area (Å²) >= 11 is 0. The number of nitrogens with zero attached hydrogens (tertiary/aromatic N) is 4. The first kappa shape index (κ1) is 7.50. The van der Waals surface area contributed by atoms with E-state index in [-0.39, 0.29) is 0 Å². The fraction of sp³-hybridized carbons (Fsp3) is 0. The molecule has 0 radical (unpaired) electrons. The van der Waals surface area contributed by atoms with Crippen LogP contribution in [0.2, 0.25) is 0 Å². The third kappa shape index (κ3) is 1.27. The molecule has 13 heavy (non-hydrogen) atoms. The van der Waals surface area contributed by atoms with Crippen LogP contribution in [0, 0.1) is 11.3 Å². The topological polar surface area (TPSA) is 54.5 Å². The lowest BCUT2D eigenvalue weighted by molar-refractivity contribution is 0.801. The molecule has 0 aliphatic heterocycles. The van der Waals surface area contributed by atoms with Crippen molar-refractivity contribution in [3.05, 3.63) is 42.2 Å². The summed E-state index contributed by atoms with van der Waals surface area (Å²) in [6.45, 7) is 0. The van der Waals surface area contributed by atoms with Gasteiger partial charge in [-0.3, -0.25) is 0 Å². The van der Waals surface area contributed by atoms with E-state index in [1.54, 1.807) is 23.1 Å². The average Bonchev–Trinajstić information content (AvgIpc) is 2.70. The van der Waals surface area contributed by atoms with Crippen LogP contribution in [-0.2, 0) is 0 Å². The predicted octanol–water partition coefficient (Wildman–Crippen LogP) is 1.14. The third-order valence-electron chi connectivity index (χ3n) is 1.69. The smallest absolute Gasteiger partial charge is 0.101 e. The maximum atomic E-state index is 8.81. The predicted molar refractivity (Wildman–Crippen MR) is 46.1 cm³/mol. The van der Waals surface area contributed by atoms with Crippen LogP contribution in [0.4, 0.5) is 0 Å². The standard InChI is InChI=1S/C9H6N4/c10-7-8-3-1-2-4-9(8)13-6-5-11-12-13/h1-6H. The molecule has 1 aromatic heterocycles. The van der Waals surface area contributed by atoms with Gasteiger partial charge in [-0.2, -0.15) is 5.26 Å². The first-order valence-corrected chi connectivity index (χ1v) is 3.77. The second-order valence-electron chi connectivity index (χ2n) is 2.48. The normalized spacial score (nSPS) is 9.46. The van der Waals surface area contributed by atoms with E-state index >= 15 is 0 Å². The maximum absolute atomic E-state index is 8.81. The fourth-order valence-corrected chi connectivity index (χ4v) is 1.10. The third-order valence-corrected chi connectivity index (χ3v) is 1.69. The van der Waals surface area contributed by atoms with Gasteiger partial charge in [-0.05, 0) is 12.1 Å². The fourth-order valence-electron chi connectivity index (χ4n) is 1.10. The first-order valence-electron chi connectivity index (χ1n) is 3.77. The summed E-state index contributed by atoms with van der Waals surface area (Å²) in [4.78, 5) is 0. The molecule has 0 atom stereocenters. The number of rotatable bonds is 1. The van der Waals surface area contributed by atoms with Crippen molar-refractivity contribution in [2.45, 2.75) is 0 Å². The molecule has 4 nitrogen and oxygen atoms in total. The summed E-state index contributed by atoms with van der Waals surface area (Å²) in [5, 5.41) is 16.3. The highest BCUT2D eigenvalue weighted by Crippen LogP contribution is 2.10. The Morgan fingerprint density at radius 3 is 2.85 bits per heavy atom. The maximum Gasteiger partial charge on any atom is 0.101 e. The van der Waals surface area contributed by atoms with Crippen molar-refractivity contribution in [1.82, 2.24) is 15.0 Å². The zero-order valence-electron chi connectivity index (χ0n) is 6.75. The summed E-state index contributed by atoms with van der Waals surface area (Å²) < 4.78 is 1.57. The molecule has 4 heteroatoms. The molecular formula is C9H6N4. The van der Waals surface area contributed by atoms with Gasteiger partial charge in [0.15, 0.2) is 0 Å². The summed E-state index contributed by atoms with van der Waals surface area (Å²) in [5.74, 6) is 0. The lowest BCUT2D eigenvalue weighted by Gasteiger charge is -2.00. The number of benzene rings is 1. The SMILES string of the molecule is N#Cc1ccccc1-n1ccnn1. The first-order chi connectivity index (χ1) is 6.42. The monoisotopic (exact) mass is 170 g/mol. The zero-order chi connectivity index (χ0) is 9.10. The van der Waals surface area contributed by atoms with Crippen LogP contribution in [0.25, 0.3) is 5.69 Å². The molecule has 0 saturated carbocycles. The van der Waals surface area contributed by atoms with Crippen LogP contribution >= 0.6 is 0 Å². The van der Waals surface area contributed by atoms with Gasteiger partial charge in [0.1, 0.15) is 6.07 Å². The summed E-state index contributed by atoms with van der Waals surface area (Å²) in [5.41, 5.74) is 1.34. The van der Waals surface area contributed by atoms with Crippen molar-refractivity contribution in [3.8, 4) is 11.8 Å². The van der Waals surface area contributed by atoms with Gasteiger partial charge in [0.05, 0.1) is 23.6 Å². The highest BCUT2D eigenvalue weighted by atomic mass is 15.4. The van der Waals surface area contributed by atoms with Crippen molar-refractivity contribution >= 4 is 0 Å². The van der Waals surface area contributed by atoms with E-state index in [1.165, 1.54) is 0 Å². The van der Waals surface area contributed by atoms with Gasteiger partial charge in [0.25, 0.3) is 0 Å². The second-order valence-corrected chi connectivity index (χ2v) is 2.48. The van der Waals surface area contributed by atoms with Crippen molar-refractivity contribution in [1.29, 1.82) is 5.26 Å². The minimum absolute atomic E-state index is 0.591. The van der Waals surface area contributed by atoms with Crippen LogP contribution in [0.1, 0.15) is 5.56 Å². The van der Waals surface area contributed by atoms with Gasteiger partial charge in [0, 0.05) is 0 Å². The lowest BCUT2D eigenvalue weighted by atomic mass is 10.2. The highest BCUT2D eigenvalue weighted by molar-refractivity contribution is 5.47. The summed E-state index contributed by atoms with van der Waals surface area (Å²) in [6, 6.07) is 9.35. The van der Waals surface area contributed by atoms with Gasteiger partial charge in [-0.1, -0.05) is 17.3 Å². The van der Waals surface area contributed by atoms with E-state index in [1.807, 2.05) is 18.2 Å². The molecule has 0 aliphatic rings. The van der Waals surface area contributed by atoms with Gasteiger partial charge >= 0.3 is 0 Å². The Labute approximate surface area is 75.0 Å². The van der Waals surface area contributed by atoms with Crippen LogP contribution in [0.3, 0.4) is 0 Å². The van der Waals surface area contributed by atoms with Gasteiger partial charge < -0.3 is 0 Å². The Morgan fingerprint density at radius 2 is 2.15 bits per heavy atom. The molecule has 0 aliphatic carbocycles. The van der Waals surface area contributed by atoms with Crippen LogP contribution < -0.4 is 0 Å². The molecule has 2 aromatic rings. The second kappa shape index (κ2) is 3.07. The molecule has 0 unspecified atom stereocenters. The van der Waals surface area contributed by atoms with Gasteiger partial charge in [-0.15, -0.1) is 5.10 Å². The Morgan fingerprint density at radius 1 is 1.31 bits per heavy atom. The Kier molecular flexibility index (Phi) is 1.77. The minimum Gasteiger partial charge on any atom is -0.219 e. The molecule has 2 rings (SSSR count). The molecule has 0 bridgehead atoms. The van der Waals surface area contributed by atoms with E-state index < -0.39 is 0 Å². The number of hydrogen-bond acceptors (Lipinski definition) is 3. The Bertz CT molecular complexity index is 439. The Balaban J connectivity index is 2.59. The summed E-state index contributed by atoms with van der Waals surface area (Å²) in [7, 11) is 0. The molecular weight excluding hydrogens is 164 g/mol. The number of nitriles is 1. The van der Waals surface area contributed by atoms with Crippen LogP contribution in [-0.4, -0.2) is 15.0 Å². The van der Waals surface area contributed by atoms with Gasteiger partial charge in [0.2, 0.25) is 0 Å². The van der Waals surface area contributed by atoms with Crippen LogP contribution in [0.5, 0.6) is 0 Å². The molecule has 0 amide bonds. The molecule has 1 aromatic carbocycles. The molecule has 0 N–H and O–H groups in total. The number of hydrogen-bond donors (Lipinski definition) is 0. The number of para-hydroxylation sites is 1. The van der Waals surface area contributed by atoms with E-state index in [0.29, 0.717) is 5.56 Å². The Hall–Kier alpha value is -2.15. The molecule has 62 valence electrons. The van der Waals surface area contributed by atoms with E-state index in [4.69, 9.17) is 5.26 Å². The molecule has 0 spiro atoms. The van der Waals surface area contributed by atoms with E-state index in [2.05, 4.69) is 16.4 Å². The lowest BCUT2D eigenvalue weighted by Crippen LogP contribution is -1.97. The van der Waals surface area contributed by atoms with E-state index in [0.717, 1.165) is 5.69 Å². The largest absolute Gasteiger partial charge is 0.219 e. The van der Waals surface area contributed by atoms with Crippen molar-refractivity contribution < 1.29 is 0 Å². The molecule has 1 heterocycles. The van der Waals surface area contributed by atoms with E-state index in [9.17, 15) is 0 Å². The van der Waals surface area contributed by atoms with Crippen molar-refractivity contribution in [2.24, 2.45) is 0 Å². The minimum atomic E-state index is 0.591. The van der Waals surface area contributed by atoms with Crippen molar-refractivity contribution in [3.63, 3.8) is 0 Å². The molecule has 0 fully saturated rings. The van der Waals surface area contributed by atoms with Gasteiger partial charge in [-0.25, -0.2) is 4.68 Å². The highest BCUT2D eigenvalue weighted by Gasteiger charge is 2.02. The zero-order valence-corrected chi connectivity index (χ0v) is 6.75. The van der Waals surface area contributed by atoms with Crippen LogP contribution in [0.15, 0.2) is 36.7 Å². The number of aromatic nitrogens is 3.